The predicted octanol–water partition coefficient (Wildman–Crippen LogP) is 4.45. The zero-order valence-electron chi connectivity index (χ0n) is 15.2. The lowest BCUT2D eigenvalue weighted by Crippen LogP contribution is -2.38. The van der Waals surface area contributed by atoms with Gasteiger partial charge in [-0.2, -0.15) is 0 Å². The highest BCUT2D eigenvalue weighted by molar-refractivity contribution is 6.30. The summed E-state index contributed by atoms with van der Waals surface area (Å²) in [5.74, 6) is 1.82. The van der Waals surface area contributed by atoms with Crippen LogP contribution in [-0.4, -0.2) is 38.0 Å². The number of piperidine rings is 1. The molecule has 1 atom stereocenters. The molecule has 1 aliphatic heterocycles. The molecule has 0 saturated carbocycles. The van der Waals surface area contributed by atoms with Gasteiger partial charge in [-0.3, -0.25) is 9.69 Å². The smallest absolute Gasteiger partial charge is 0.167 e. The maximum atomic E-state index is 12.8. The molecule has 0 bridgehead atoms. The summed E-state index contributed by atoms with van der Waals surface area (Å²) in [6.07, 6.45) is 1.94. The van der Waals surface area contributed by atoms with Gasteiger partial charge >= 0.3 is 0 Å². The molecule has 0 aromatic heterocycles. The van der Waals surface area contributed by atoms with Crippen molar-refractivity contribution in [2.45, 2.75) is 19.4 Å². The van der Waals surface area contributed by atoms with Gasteiger partial charge in [0, 0.05) is 41.2 Å². The molecule has 1 aliphatic rings. The van der Waals surface area contributed by atoms with Gasteiger partial charge in [-0.1, -0.05) is 17.7 Å². The first-order chi connectivity index (χ1) is 12.6. The molecule has 5 heteroatoms. The lowest BCUT2D eigenvalue weighted by Gasteiger charge is -2.32. The monoisotopic (exact) mass is 373 g/mol. The molecular formula is C21H24ClNO3. The van der Waals surface area contributed by atoms with E-state index in [0.29, 0.717) is 5.02 Å². The van der Waals surface area contributed by atoms with Crippen LogP contribution in [0.1, 0.15) is 28.8 Å². The molecule has 1 saturated heterocycles. The van der Waals surface area contributed by atoms with E-state index in [-0.39, 0.29) is 11.7 Å². The fraction of sp³-hybridized carbons (Fsp3) is 0.381. The number of likely N-dealkylation sites (tertiary alicyclic amines) is 1. The van der Waals surface area contributed by atoms with Crippen LogP contribution < -0.4 is 9.47 Å². The topological polar surface area (TPSA) is 38.8 Å². The minimum Gasteiger partial charge on any atom is -0.497 e. The van der Waals surface area contributed by atoms with Crippen LogP contribution in [0.3, 0.4) is 0 Å². The van der Waals surface area contributed by atoms with Gasteiger partial charge in [0.1, 0.15) is 11.5 Å². The first-order valence-electron chi connectivity index (χ1n) is 8.83. The number of carbonyl (C=O) groups is 1. The van der Waals surface area contributed by atoms with Crippen LogP contribution in [-0.2, 0) is 6.54 Å². The lowest BCUT2D eigenvalue weighted by molar-refractivity contribution is 0.0811. The van der Waals surface area contributed by atoms with Crippen LogP contribution in [0, 0.1) is 5.92 Å². The summed E-state index contributed by atoms with van der Waals surface area (Å²) < 4.78 is 10.8. The second-order valence-corrected chi connectivity index (χ2v) is 7.06. The van der Waals surface area contributed by atoms with E-state index in [1.165, 1.54) is 0 Å². The van der Waals surface area contributed by atoms with Crippen molar-refractivity contribution in [3.05, 3.63) is 58.6 Å². The number of nitrogens with zero attached hydrogens (tertiary/aromatic N) is 1. The quantitative estimate of drug-likeness (QED) is 0.701. The molecule has 1 heterocycles. The molecule has 0 spiro atoms. The van der Waals surface area contributed by atoms with Crippen LogP contribution in [0.4, 0.5) is 0 Å². The summed E-state index contributed by atoms with van der Waals surface area (Å²) >= 11 is 5.93. The van der Waals surface area contributed by atoms with Gasteiger partial charge in [0.05, 0.1) is 14.2 Å². The number of benzene rings is 2. The molecule has 0 radical (unpaired) electrons. The highest BCUT2D eigenvalue weighted by atomic mass is 35.5. The van der Waals surface area contributed by atoms with E-state index in [9.17, 15) is 4.79 Å². The molecule has 2 aromatic carbocycles. The third kappa shape index (κ3) is 4.37. The Morgan fingerprint density at radius 2 is 1.92 bits per heavy atom. The Morgan fingerprint density at radius 3 is 2.62 bits per heavy atom. The molecule has 2 aromatic rings. The largest absolute Gasteiger partial charge is 0.497 e. The summed E-state index contributed by atoms with van der Waals surface area (Å²) in [5, 5.41) is 0.651. The summed E-state index contributed by atoms with van der Waals surface area (Å²) in [4.78, 5) is 15.1. The number of hydrogen-bond acceptors (Lipinski definition) is 4. The Kier molecular flexibility index (Phi) is 6.17. The van der Waals surface area contributed by atoms with Crippen molar-refractivity contribution >= 4 is 17.4 Å². The van der Waals surface area contributed by atoms with Gasteiger partial charge in [-0.05, 0) is 49.7 Å². The molecule has 26 heavy (non-hydrogen) atoms. The minimum atomic E-state index is 0.0224. The molecule has 4 nitrogen and oxygen atoms in total. The Bertz CT molecular complexity index is 760. The standard InChI is InChI=1S/C21H24ClNO3/c1-25-19-10-7-16(20(12-19)26-2)13-23-11-3-4-17(14-23)21(24)15-5-8-18(22)9-6-15/h5-10,12,17H,3-4,11,13-14H2,1-2H3/t17-/m0/s1. The predicted molar refractivity (Wildman–Crippen MR) is 103 cm³/mol. The first-order valence-corrected chi connectivity index (χ1v) is 9.21. The Hall–Kier alpha value is -2.04. The summed E-state index contributed by atoms with van der Waals surface area (Å²) in [5.41, 5.74) is 1.84. The zero-order chi connectivity index (χ0) is 18.5. The van der Waals surface area contributed by atoms with Gasteiger partial charge in [-0.15, -0.1) is 0 Å². The maximum Gasteiger partial charge on any atom is 0.167 e. The van der Waals surface area contributed by atoms with Crippen LogP contribution in [0.5, 0.6) is 11.5 Å². The fourth-order valence-corrected chi connectivity index (χ4v) is 3.61. The van der Waals surface area contributed by atoms with Gasteiger partial charge in [0.15, 0.2) is 5.78 Å². The third-order valence-electron chi connectivity index (χ3n) is 4.89. The SMILES string of the molecule is COc1ccc(CN2CCC[C@H](C(=O)c3ccc(Cl)cc3)C2)c(OC)c1. The van der Waals surface area contributed by atoms with E-state index in [1.54, 1.807) is 26.4 Å². The molecule has 138 valence electrons. The molecule has 0 aliphatic carbocycles. The average molecular weight is 374 g/mol. The van der Waals surface area contributed by atoms with Crippen LogP contribution >= 0.6 is 11.6 Å². The fourth-order valence-electron chi connectivity index (χ4n) is 3.49. The van der Waals surface area contributed by atoms with Crippen molar-refractivity contribution in [3.63, 3.8) is 0 Å². The Balaban J connectivity index is 1.69. The second kappa shape index (κ2) is 8.56. The van der Waals surface area contributed by atoms with Crippen LogP contribution in [0.15, 0.2) is 42.5 Å². The molecule has 0 amide bonds. The lowest BCUT2D eigenvalue weighted by atomic mass is 9.90. The third-order valence-corrected chi connectivity index (χ3v) is 5.15. The second-order valence-electron chi connectivity index (χ2n) is 6.62. The molecule has 0 N–H and O–H groups in total. The van der Waals surface area contributed by atoms with Crippen molar-refractivity contribution in [3.8, 4) is 11.5 Å². The van der Waals surface area contributed by atoms with Gasteiger partial charge in [0.2, 0.25) is 0 Å². The van der Waals surface area contributed by atoms with Gasteiger partial charge < -0.3 is 9.47 Å². The summed E-state index contributed by atoms with van der Waals surface area (Å²) in [7, 11) is 3.31. The number of hydrogen-bond donors (Lipinski definition) is 0. The van der Waals surface area contributed by atoms with Crippen molar-refractivity contribution in [2.75, 3.05) is 27.3 Å². The number of carbonyl (C=O) groups excluding carboxylic acids is 1. The number of ketones is 1. The van der Waals surface area contributed by atoms with E-state index in [2.05, 4.69) is 4.90 Å². The van der Waals surface area contributed by atoms with E-state index in [4.69, 9.17) is 21.1 Å². The van der Waals surface area contributed by atoms with Gasteiger partial charge in [-0.25, -0.2) is 0 Å². The molecule has 3 rings (SSSR count). The number of ether oxygens (including phenoxy) is 2. The van der Waals surface area contributed by atoms with Crippen molar-refractivity contribution < 1.29 is 14.3 Å². The normalized spacial score (nSPS) is 17.7. The van der Waals surface area contributed by atoms with E-state index < -0.39 is 0 Å². The number of halogens is 1. The van der Waals surface area contributed by atoms with E-state index in [0.717, 1.165) is 55.1 Å². The molecule has 1 fully saturated rings. The first kappa shape index (κ1) is 18.7. The van der Waals surface area contributed by atoms with Crippen molar-refractivity contribution in [2.24, 2.45) is 5.92 Å². The summed E-state index contributed by atoms with van der Waals surface area (Å²) in [6.45, 7) is 2.51. The highest BCUT2D eigenvalue weighted by Gasteiger charge is 2.27. The zero-order valence-corrected chi connectivity index (χ0v) is 16.0. The Labute approximate surface area is 159 Å². The Morgan fingerprint density at radius 1 is 1.15 bits per heavy atom. The maximum absolute atomic E-state index is 12.8. The molecule has 0 unspecified atom stereocenters. The van der Waals surface area contributed by atoms with E-state index in [1.807, 2.05) is 30.3 Å². The summed E-state index contributed by atoms with van der Waals surface area (Å²) in [6, 6.07) is 13.1. The molecular weight excluding hydrogens is 350 g/mol. The number of rotatable bonds is 6. The van der Waals surface area contributed by atoms with Gasteiger partial charge in [0.25, 0.3) is 0 Å². The van der Waals surface area contributed by atoms with Crippen LogP contribution in [0.25, 0.3) is 0 Å². The number of methoxy groups -OCH3 is 2. The highest BCUT2D eigenvalue weighted by Crippen LogP contribution is 2.28. The number of Topliss-reactive ketones (excluding diaryl/α,β-unsaturated/α-hetero) is 1. The average Bonchev–Trinajstić information content (AvgIpc) is 2.68. The van der Waals surface area contributed by atoms with Crippen molar-refractivity contribution in [1.82, 2.24) is 4.90 Å². The minimum absolute atomic E-state index is 0.0224. The van der Waals surface area contributed by atoms with E-state index >= 15 is 0 Å². The van der Waals surface area contributed by atoms with Crippen LogP contribution in [0.2, 0.25) is 5.02 Å². The van der Waals surface area contributed by atoms with Crippen molar-refractivity contribution in [1.29, 1.82) is 0 Å².